The van der Waals surface area contributed by atoms with Crippen molar-refractivity contribution in [2.24, 2.45) is 5.73 Å². The van der Waals surface area contributed by atoms with Gasteiger partial charge < -0.3 is 10.5 Å². The minimum atomic E-state index is 0.151. The Morgan fingerprint density at radius 3 is 2.90 bits per heavy atom. The summed E-state index contributed by atoms with van der Waals surface area (Å²) >= 11 is 0. The fraction of sp³-hybridized carbons (Fsp3) is 0.438. The summed E-state index contributed by atoms with van der Waals surface area (Å²) in [5.41, 5.74) is 8.16. The molecule has 0 radical (unpaired) electrons. The van der Waals surface area contributed by atoms with Gasteiger partial charge in [0.05, 0.1) is 12.4 Å². The maximum absolute atomic E-state index is 5.93. The van der Waals surface area contributed by atoms with Gasteiger partial charge in [-0.1, -0.05) is 19.1 Å². The molecule has 108 valence electrons. The van der Waals surface area contributed by atoms with Gasteiger partial charge >= 0.3 is 0 Å². The Hall–Kier alpha value is -1.81. The highest BCUT2D eigenvalue weighted by atomic mass is 16.5. The van der Waals surface area contributed by atoms with Crippen molar-refractivity contribution < 1.29 is 4.74 Å². The highest BCUT2D eigenvalue weighted by molar-refractivity contribution is 5.39. The smallest absolute Gasteiger partial charge is 0.165 e. The van der Waals surface area contributed by atoms with E-state index < -0.39 is 0 Å². The second kappa shape index (κ2) is 6.57. The number of nitrogens with two attached hydrogens (primary N) is 1. The van der Waals surface area contributed by atoms with Crippen molar-refractivity contribution in [3.63, 3.8) is 0 Å². The average Bonchev–Trinajstić information content (AvgIpc) is 2.81. The van der Waals surface area contributed by atoms with Crippen LogP contribution in [-0.4, -0.2) is 15.8 Å². The molecule has 1 unspecified atom stereocenters. The van der Waals surface area contributed by atoms with E-state index in [1.807, 2.05) is 24.7 Å². The van der Waals surface area contributed by atoms with E-state index in [4.69, 9.17) is 10.5 Å². The van der Waals surface area contributed by atoms with E-state index >= 15 is 0 Å². The standard InChI is InChI=1S/C16H23N3O/c1-4-7-19-11-15(10-18-19)20-16-9-14(8-13(3)17)6-5-12(16)2/h5-6,9-11,13H,4,7-8,17H2,1-3H3. The summed E-state index contributed by atoms with van der Waals surface area (Å²) in [7, 11) is 0. The van der Waals surface area contributed by atoms with Crippen LogP contribution in [0.4, 0.5) is 0 Å². The number of hydrogen-bond acceptors (Lipinski definition) is 3. The second-order valence-electron chi connectivity index (χ2n) is 5.32. The topological polar surface area (TPSA) is 53.1 Å². The Bertz CT molecular complexity index is 561. The molecular weight excluding hydrogens is 250 g/mol. The molecule has 0 bridgehead atoms. The largest absolute Gasteiger partial charge is 0.454 e. The third-order valence-electron chi connectivity index (χ3n) is 3.10. The van der Waals surface area contributed by atoms with E-state index in [9.17, 15) is 0 Å². The molecule has 0 saturated carbocycles. The Kier molecular flexibility index (Phi) is 4.79. The van der Waals surface area contributed by atoms with Crippen LogP contribution in [0.1, 0.15) is 31.4 Å². The van der Waals surface area contributed by atoms with Crippen molar-refractivity contribution in [1.29, 1.82) is 0 Å². The van der Waals surface area contributed by atoms with E-state index in [-0.39, 0.29) is 6.04 Å². The van der Waals surface area contributed by atoms with Crippen molar-refractivity contribution in [2.45, 2.75) is 46.2 Å². The maximum atomic E-state index is 5.93. The summed E-state index contributed by atoms with van der Waals surface area (Å²) in [4.78, 5) is 0. The van der Waals surface area contributed by atoms with Gasteiger partial charge in [0.2, 0.25) is 0 Å². The molecule has 0 fully saturated rings. The van der Waals surface area contributed by atoms with Crippen molar-refractivity contribution in [3.05, 3.63) is 41.7 Å². The number of nitrogens with zero attached hydrogens (tertiary/aromatic N) is 2. The number of aryl methyl sites for hydroxylation is 2. The third-order valence-corrected chi connectivity index (χ3v) is 3.10. The van der Waals surface area contributed by atoms with Crippen LogP contribution in [0.2, 0.25) is 0 Å². The summed E-state index contributed by atoms with van der Waals surface area (Å²) in [5, 5.41) is 4.27. The first-order valence-electron chi connectivity index (χ1n) is 7.14. The van der Waals surface area contributed by atoms with Crippen molar-refractivity contribution >= 4 is 0 Å². The van der Waals surface area contributed by atoms with Crippen molar-refractivity contribution in [3.8, 4) is 11.5 Å². The summed E-state index contributed by atoms with van der Waals surface area (Å²) in [6, 6.07) is 6.39. The molecule has 0 aliphatic carbocycles. The van der Waals surface area contributed by atoms with Gasteiger partial charge in [-0.05, 0) is 43.9 Å². The summed E-state index contributed by atoms with van der Waals surface area (Å²) < 4.78 is 7.83. The molecule has 1 aromatic carbocycles. The Balaban J connectivity index is 2.14. The van der Waals surface area contributed by atoms with Gasteiger partial charge in [-0.2, -0.15) is 5.10 Å². The zero-order chi connectivity index (χ0) is 14.5. The molecule has 0 spiro atoms. The molecule has 1 aromatic heterocycles. The fourth-order valence-corrected chi connectivity index (χ4v) is 2.13. The predicted molar refractivity (Wildman–Crippen MR) is 81.1 cm³/mol. The lowest BCUT2D eigenvalue weighted by Gasteiger charge is -2.10. The molecule has 0 saturated heterocycles. The Morgan fingerprint density at radius 1 is 1.40 bits per heavy atom. The Labute approximate surface area is 120 Å². The van der Waals surface area contributed by atoms with Crippen LogP contribution in [-0.2, 0) is 13.0 Å². The lowest BCUT2D eigenvalue weighted by molar-refractivity contribution is 0.476. The molecule has 4 nitrogen and oxygen atoms in total. The highest BCUT2D eigenvalue weighted by Crippen LogP contribution is 2.26. The summed E-state index contributed by atoms with van der Waals surface area (Å²) in [6.45, 7) is 7.09. The van der Waals surface area contributed by atoms with Crippen LogP contribution in [0.5, 0.6) is 11.5 Å². The lowest BCUT2D eigenvalue weighted by Crippen LogP contribution is -2.17. The Morgan fingerprint density at radius 2 is 2.20 bits per heavy atom. The van der Waals surface area contributed by atoms with Gasteiger partial charge in [-0.15, -0.1) is 0 Å². The van der Waals surface area contributed by atoms with E-state index in [1.54, 1.807) is 6.20 Å². The molecule has 0 amide bonds. The first kappa shape index (κ1) is 14.6. The molecule has 1 heterocycles. The van der Waals surface area contributed by atoms with Crippen LogP contribution in [0, 0.1) is 6.92 Å². The fourth-order valence-electron chi connectivity index (χ4n) is 2.13. The maximum Gasteiger partial charge on any atom is 0.165 e. The molecule has 20 heavy (non-hydrogen) atoms. The summed E-state index contributed by atoms with van der Waals surface area (Å²) in [6.07, 6.45) is 5.60. The highest BCUT2D eigenvalue weighted by Gasteiger charge is 2.06. The first-order valence-corrected chi connectivity index (χ1v) is 7.14. The van der Waals surface area contributed by atoms with Crippen molar-refractivity contribution in [1.82, 2.24) is 9.78 Å². The van der Waals surface area contributed by atoms with Gasteiger partial charge in [-0.3, -0.25) is 4.68 Å². The zero-order valence-electron chi connectivity index (χ0n) is 12.5. The molecule has 4 heteroatoms. The molecule has 0 aliphatic heterocycles. The average molecular weight is 273 g/mol. The van der Waals surface area contributed by atoms with Gasteiger partial charge in [0.1, 0.15) is 5.75 Å². The molecule has 0 aliphatic rings. The van der Waals surface area contributed by atoms with Crippen molar-refractivity contribution in [2.75, 3.05) is 0 Å². The normalized spacial score (nSPS) is 12.4. The predicted octanol–water partition coefficient (Wildman–Crippen LogP) is 3.28. The number of hydrogen-bond donors (Lipinski definition) is 1. The van der Waals surface area contributed by atoms with E-state index in [0.717, 1.165) is 36.4 Å². The number of benzene rings is 1. The quantitative estimate of drug-likeness (QED) is 0.878. The molecule has 2 rings (SSSR count). The number of aromatic nitrogens is 2. The zero-order valence-corrected chi connectivity index (χ0v) is 12.5. The molecule has 2 aromatic rings. The van der Waals surface area contributed by atoms with Gasteiger partial charge in [0.15, 0.2) is 5.75 Å². The van der Waals surface area contributed by atoms with Crippen LogP contribution >= 0.6 is 0 Å². The number of ether oxygens (including phenoxy) is 1. The van der Waals surface area contributed by atoms with Crippen LogP contribution in [0.15, 0.2) is 30.6 Å². The van der Waals surface area contributed by atoms with Gasteiger partial charge in [-0.25, -0.2) is 0 Å². The molecule has 2 N–H and O–H groups in total. The van der Waals surface area contributed by atoms with Crippen LogP contribution in [0.25, 0.3) is 0 Å². The van der Waals surface area contributed by atoms with E-state index in [2.05, 4.69) is 30.2 Å². The first-order chi connectivity index (χ1) is 9.58. The SMILES string of the molecule is CCCn1cc(Oc2cc(CC(C)N)ccc2C)cn1. The minimum Gasteiger partial charge on any atom is -0.454 e. The van der Waals surface area contributed by atoms with Crippen LogP contribution < -0.4 is 10.5 Å². The molecule has 1 atom stereocenters. The van der Waals surface area contributed by atoms with Crippen LogP contribution in [0.3, 0.4) is 0 Å². The second-order valence-corrected chi connectivity index (χ2v) is 5.32. The minimum absolute atomic E-state index is 0.151. The molecular formula is C16H23N3O. The van der Waals surface area contributed by atoms with E-state index in [0.29, 0.717) is 0 Å². The third kappa shape index (κ3) is 3.84. The number of rotatable bonds is 6. The summed E-state index contributed by atoms with van der Waals surface area (Å²) in [5.74, 6) is 1.65. The lowest BCUT2D eigenvalue weighted by atomic mass is 10.1. The van der Waals surface area contributed by atoms with Gasteiger partial charge in [0, 0.05) is 12.6 Å². The van der Waals surface area contributed by atoms with Gasteiger partial charge in [0.25, 0.3) is 0 Å². The van der Waals surface area contributed by atoms with E-state index in [1.165, 1.54) is 5.56 Å². The monoisotopic (exact) mass is 273 g/mol.